The van der Waals surface area contributed by atoms with Crippen molar-refractivity contribution in [2.75, 3.05) is 6.54 Å². The molecule has 0 aliphatic rings. The maximum absolute atomic E-state index is 5.92. The first-order valence-corrected chi connectivity index (χ1v) is 6.23. The minimum absolute atomic E-state index is 0.617. The summed E-state index contributed by atoms with van der Waals surface area (Å²) in [6.07, 6.45) is 1.58. The predicted molar refractivity (Wildman–Crippen MR) is 66.9 cm³/mol. The molecule has 2 aromatic rings. The predicted octanol–water partition coefficient (Wildman–Crippen LogP) is 2.28. The van der Waals surface area contributed by atoms with Gasteiger partial charge in [-0.15, -0.1) is 21.5 Å². The topological polar surface area (TPSA) is 51.8 Å². The fourth-order valence-electron chi connectivity index (χ4n) is 1.41. The molecule has 0 spiro atoms. The summed E-state index contributed by atoms with van der Waals surface area (Å²) in [5, 5.41) is 11.0. The van der Waals surface area contributed by atoms with E-state index in [0.717, 1.165) is 33.4 Å². The van der Waals surface area contributed by atoms with Crippen molar-refractivity contribution in [3.8, 4) is 0 Å². The molecule has 0 aliphatic heterocycles. The largest absolute Gasteiger partial charge is 0.330 e. The van der Waals surface area contributed by atoms with E-state index in [9.17, 15) is 0 Å². The molecule has 2 N–H and O–H groups in total. The van der Waals surface area contributed by atoms with Gasteiger partial charge < -0.3 is 5.73 Å². The van der Waals surface area contributed by atoms with Crippen LogP contribution in [0.15, 0.2) is 24.3 Å². The van der Waals surface area contributed by atoms with Gasteiger partial charge in [0.2, 0.25) is 0 Å². The number of nitrogens with zero attached hydrogens (tertiary/aromatic N) is 2. The van der Waals surface area contributed by atoms with Crippen LogP contribution < -0.4 is 5.73 Å². The van der Waals surface area contributed by atoms with E-state index in [1.165, 1.54) is 0 Å². The van der Waals surface area contributed by atoms with Crippen LogP contribution in [0.2, 0.25) is 5.02 Å². The lowest BCUT2D eigenvalue weighted by atomic mass is 10.2. The highest BCUT2D eigenvalue weighted by molar-refractivity contribution is 7.11. The van der Waals surface area contributed by atoms with Gasteiger partial charge in [-0.3, -0.25) is 0 Å². The number of halogens is 1. The van der Waals surface area contributed by atoms with E-state index in [4.69, 9.17) is 17.3 Å². The summed E-state index contributed by atoms with van der Waals surface area (Å²) in [5.74, 6) is 0. The molecule has 0 saturated carbocycles. The lowest BCUT2D eigenvalue weighted by molar-refractivity contribution is 0.898. The van der Waals surface area contributed by atoms with E-state index < -0.39 is 0 Å². The van der Waals surface area contributed by atoms with E-state index in [1.54, 1.807) is 11.3 Å². The summed E-state index contributed by atoms with van der Waals surface area (Å²) in [6, 6.07) is 7.80. The molecule has 3 nitrogen and oxygen atoms in total. The van der Waals surface area contributed by atoms with Crippen LogP contribution in [0.5, 0.6) is 0 Å². The van der Waals surface area contributed by atoms with Crippen molar-refractivity contribution < 1.29 is 0 Å². The second kappa shape index (κ2) is 5.39. The summed E-state index contributed by atoms with van der Waals surface area (Å²) in [6.45, 7) is 0.617. The zero-order valence-corrected chi connectivity index (χ0v) is 10.3. The van der Waals surface area contributed by atoms with Crippen LogP contribution in [0, 0.1) is 0 Å². The van der Waals surface area contributed by atoms with Gasteiger partial charge in [0.1, 0.15) is 10.0 Å². The number of hydrogen-bond acceptors (Lipinski definition) is 4. The molecular formula is C11H12ClN3S. The highest BCUT2D eigenvalue weighted by atomic mass is 35.5. The highest BCUT2D eigenvalue weighted by Gasteiger charge is 2.04. The summed E-state index contributed by atoms with van der Waals surface area (Å²) in [7, 11) is 0. The molecule has 0 unspecified atom stereocenters. The van der Waals surface area contributed by atoms with Crippen molar-refractivity contribution in [2.45, 2.75) is 12.8 Å². The number of aromatic nitrogens is 2. The van der Waals surface area contributed by atoms with E-state index >= 15 is 0 Å². The molecule has 16 heavy (non-hydrogen) atoms. The second-order valence-corrected chi connectivity index (χ2v) is 5.02. The lowest BCUT2D eigenvalue weighted by Gasteiger charge is -1.97. The van der Waals surface area contributed by atoms with Gasteiger partial charge >= 0.3 is 0 Å². The van der Waals surface area contributed by atoms with Crippen molar-refractivity contribution in [3.05, 3.63) is 44.9 Å². The van der Waals surface area contributed by atoms with Crippen molar-refractivity contribution >= 4 is 22.9 Å². The summed E-state index contributed by atoms with van der Waals surface area (Å²) >= 11 is 7.53. The Morgan fingerprint density at radius 2 is 2.06 bits per heavy atom. The van der Waals surface area contributed by atoms with Crippen LogP contribution in [0.25, 0.3) is 0 Å². The third-order valence-corrected chi connectivity index (χ3v) is 3.33. The fourth-order valence-corrected chi connectivity index (χ4v) is 2.51. The number of hydrogen-bond donors (Lipinski definition) is 1. The Morgan fingerprint density at radius 3 is 2.81 bits per heavy atom. The van der Waals surface area contributed by atoms with Crippen molar-refractivity contribution in [3.63, 3.8) is 0 Å². The molecule has 0 radical (unpaired) electrons. The summed E-state index contributed by atoms with van der Waals surface area (Å²) < 4.78 is 0. The third-order valence-electron chi connectivity index (χ3n) is 2.11. The SMILES string of the molecule is NCCc1nnc(Cc2cccc(Cl)c2)s1. The molecule has 0 saturated heterocycles. The smallest absolute Gasteiger partial charge is 0.121 e. The Morgan fingerprint density at radius 1 is 1.25 bits per heavy atom. The van der Waals surface area contributed by atoms with Crippen molar-refractivity contribution in [1.82, 2.24) is 10.2 Å². The first kappa shape index (κ1) is 11.5. The van der Waals surface area contributed by atoms with Crippen LogP contribution in [-0.2, 0) is 12.8 Å². The van der Waals surface area contributed by atoms with Gasteiger partial charge in [-0.05, 0) is 24.2 Å². The van der Waals surface area contributed by atoms with E-state index in [1.807, 2.05) is 24.3 Å². The zero-order valence-electron chi connectivity index (χ0n) is 8.69. The molecule has 0 atom stereocenters. The first-order valence-electron chi connectivity index (χ1n) is 5.03. The molecular weight excluding hydrogens is 242 g/mol. The molecule has 5 heteroatoms. The van der Waals surface area contributed by atoms with E-state index in [2.05, 4.69) is 10.2 Å². The lowest BCUT2D eigenvalue weighted by Crippen LogP contribution is -2.01. The molecule has 84 valence electrons. The van der Waals surface area contributed by atoms with Gasteiger partial charge in [0, 0.05) is 17.9 Å². The van der Waals surface area contributed by atoms with Gasteiger partial charge in [-0.2, -0.15) is 0 Å². The van der Waals surface area contributed by atoms with Gasteiger partial charge in [0.05, 0.1) is 0 Å². The second-order valence-electron chi connectivity index (χ2n) is 3.43. The maximum Gasteiger partial charge on any atom is 0.121 e. The molecule has 1 aromatic heterocycles. The molecule has 0 bridgehead atoms. The quantitative estimate of drug-likeness (QED) is 0.910. The molecule has 2 rings (SSSR count). The molecule has 0 fully saturated rings. The Bertz CT molecular complexity index is 470. The minimum atomic E-state index is 0.617. The molecule has 1 aromatic carbocycles. The van der Waals surface area contributed by atoms with Crippen LogP contribution in [-0.4, -0.2) is 16.7 Å². The Balaban J connectivity index is 2.08. The first-order chi connectivity index (χ1) is 7.78. The monoisotopic (exact) mass is 253 g/mol. The number of rotatable bonds is 4. The van der Waals surface area contributed by atoms with Crippen LogP contribution in [0.3, 0.4) is 0 Å². The molecule has 1 heterocycles. The van der Waals surface area contributed by atoms with Crippen molar-refractivity contribution in [2.24, 2.45) is 5.73 Å². The maximum atomic E-state index is 5.92. The van der Waals surface area contributed by atoms with Crippen LogP contribution in [0.4, 0.5) is 0 Å². The van der Waals surface area contributed by atoms with Gasteiger partial charge in [0.25, 0.3) is 0 Å². The Hall–Kier alpha value is -0.970. The number of nitrogens with two attached hydrogens (primary N) is 1. The normalized spacial score (nSPS) is 10.6. The van der Waals surface area contributed by atoms with Gasteiger partial charge in [0.15, 0.2) is 0 Å². The highest BCUT2D eigenvalue weighted by Crippen LogP contribution is 2.17. The Kier molecular flexibility index (Phi) is 3.88. The van der Waals surface area contributed by atoms with E-state index in [-0.39, 0.29) is 0 Å². The number of benzene rings is 1. The fraction of sp³-hybridized carbons (Fsp3) is 0.273. The Labute approximate surface area is 103 Å². The summed E-state index contributed by atoms with van der Waals surface area (Å²) in [5.41, 5.74) is 6.62. The summed E-state index contributed by atoms with van der Waals surface area (Å²) in [4.78, 5) is 0. The van der Waals surface area contributed by atoms with Crippen LogP contribution in [0.1, 0.15) is 15.6 Å². The molecule has 0 aliphatic carbocycles. The van der Waals surface area contributed by atoms with Crippen LogP contribution >= 0.6 is 22.9 Å². The standard InChI is InChI=1S/C11H12ClN3S/c12-9-3-1-2-8(6-9)7-11-15-14-10(16-11)4-5-13/h1-3,6H,4-5,7,13H2. The third kappa shape index (κ3) is 3.01. The minimum Gasteiger partial charge on any atom is -0.330 e. The molecule has 0 amide bonds. The zero-order chi connectivity index (χ0) is 11.4. The van der Waals surface area contributed by atoms with Gasteiger partial charge in [-0.1, -0.05) is 23.7 Å². The average molecular weight is 254 g/mol. The average Bonchev–Trinajstić information content (AvgIpc) is 2.66. The van der Waals surface area contributed by atoms with Crippen molar-refractivity contribution in [1.29, 1.82) is 0 Å². The van der Waals surface area contributed by atoms with Gasteiger partial charge in [-0.25, -0.2) is 0 Å². The van der Waals surface area contributed by atoms with E-state index in [0.29, 0.717) is 6.54 Å².